The van der Waals surface area contributed by atoms with Crippen LogP contribution in [0.5, 0.6) is 0 Å². The smallest absolute Gasteiger partial charge is 0.257 e. The Bertz CT molecular complexity index is 1460. The van der Waals surface area contributed by atoms with Gasteiger partial charge in [0, 0.05) is 38.0 Å². The van der Waals surface area contributed by atoms with E-state index < -0.39 is 23.0 Å². The highest BCUT2D eigenvalue weighted by Gasteiger charge is 2.52. The second-order valence-corrected chi connectivity index (χ2v) is 11.2. The first kappa shape index (κ1) is 24.0. The first-order valence-corrected chi connectivity index (χ1v) is 12.8. The summed E-state index contributed by atoms with van der Waals surface area (Å²) in [6.45, 7) is 3.62. The van der Waals surface area contributed by atoms with Crippen LogP contribution in [0.25, 0.3) is 16.7 Å². The molecule has 3 fully saturated rings. The average molecular weight is 509 g/mol. The predicted molar refractivity (Wildman–Crippen MR) is 136 cm³/mol. The maximum absolute atomic E-state index is 15.0. The monoisotopic (exact) mass is 508 g/mol. The number of nitrogens with one attached hydrogen (secondary N) is 1. The molecule has 2 saturated carbocycles. The number of carbonyl (C=O) groups is 1. The number of pyridine rings is 2. The third-order valence-corrected chi connectivity index (χ3v) is 8.61. The van der Waals surface area contributed by atoms with Crippen molar-refractivity contribution in [1.29, 1.82) is 0 Å². The van der Waals surface area contributed by atoms with Crippen molar-refractivity contribution in [2.75, 3.05) is 25.1 Å². The summed E-state index contributed by atoms with van der Waals surface area (Å²) in [4.78, 5) is 33.8. The molecule has 1 saturated heterocycles. The molecule has 0 radical (unpaired) electrons. The number of fused-ring (bicyclic) bond motifs is 3. The molecule has 194 valence electrons. The summed E-state index contributed by atoms with van der Waals surface area (Å²) in [5.41, 5.74) is -0.412. The van der Waals surface area contributed by atoms with Gasteiger partial charge in [0.2, 0.25) is 5.43 Å². The van der Waals surface area contributed by atoms with Gasteiger partial charge in [-0.15, -0.1) is 0 Å². The minimum atomic E-state index is -0.815. The Morgan fingerprint density at radius 3 is 2.59 bits per heavy atom. The highest BCUT2D eigenvalue weighted by molar-refractivity contribution is 5.98. The average Bonchev–Trinajstić information content (AvgIpc) is 3.57. The van der Waals surface area contributed by atoms with E-state index in [0.717, 1.165) is 57.2 Å². The van der Waals surface area contributed by atoms with E-state index in [9.17, 15) is 18.4 Å². The summed E-state index contributed by atoms with van der Waals surface area (Å²) in [6, 6.07) is 6.59. The molecular weight excluding hydrogens is 478 g/mol. The maximum atomic E-state index is 15.0. The van der Waals surface area contributed by atoms with Crippen LogP contribution >= 0.6 is 0 Å². The van der Waals surface area contributed by atoms with Crippen molar-refractivity contribution in [2.24, 2.45) is 5.41 Å². The lowest BCUT2D eigenvalue weighted by atomic mass is 9.86. The lowest BCUT2D eigenvalue weighted by Gasteiger charge is -2.28. The number of carbonyl (C=O) groups excluding carboxylic acids is 1. The fourth-order valence-electron chi connectivity index (χ4n) is 6.50. The third-order valence-electron chi connectivity index (χ3n) is 8.61. The quantitative estimate of drug-likeness (QED) is 0.555. The van der Waals surface area contributed by atoms with Crippen LogP contribution in [0.15, 0.2) is 41.3 Å². The molecule has 3 aliphatic rings. The van der Waals surface area contributed by atoms with Gasteiger partial charge >= 0.3 is 0 Å². The SMILES string of the molecule is COC1CCN(c2ccc3c(=O)c(C(=O)NC45CCC(C)(CC4)C5)cn(-c4ccc(F)cc4F)c3n2)C1. The number of methoxy groups -OCH3 is 1. The zero-order chi connectivity index (χ0) is 25.9. The van der Waals surface area contributed by atoms with Crippen LogP contribution in [0.3, 0.4) is 0 Å². The molecule has 1 aliphatic heterocycles. The molecule has 3 heterocycles. The summed E-state index contributed by atoms with van der Waals surface area (Å²) in [5, 5.41) is 3.35. The molecule has 3 aromatic rings. The Labute approximate surface area is 213 Å². The lowest BCUT2D eigenvalue weighted by molar-refractivity contribution is 0.0899. The predicted octanol–water partition coefficient (Wildman–Crippen LogP) is 4.34. The van der Waals surface area contributed by atoms with E-state index in [1.165, 1.54) is 16.8 Å². The molecule has 1 unspecified atom stereocenters. The van der Waals surface area contributed by atoms with Crippen LogP contribution in [0.1, 0.15) is 55.8 Å². The molecule has 6 rings (SSSR count). The topological polar surface area (TPSA) is 76.5 Å². The zero-order valence-electron chi connectivity index (χ0n) is 21.0. The molecule has 1 aromatic carbocycles. The molecule has 1 N–H and O–H groups in total. The Balaban J connectivity index is 1.47. The largest absolute Gasteiger partial charge is 0.380 e. The second-order valence-electron chi connectivity index (χ2n) is 11.2. The molecule has 9 heteroatoms. The van der Waals surface area contributed by atoms with Gasteiger partial charge in [-0.2, -0.15) is 0 Å². The highest BCUT2D eigenvalue weighted by atomic mass is 19.1. The maximum Gasteiger partial charge on any atom is 0.257 e. The van der Waals surface area contributed by atoms with E-state index in [4.69, 9.17) is 9.72 Å². The van der Waals surface area contributed by atoms with Crippen molar-refractivity contribution < 1.29 is 18.3 Å². The molecule has 2 bridgehead atoms. The molecule has 2 aromatic heterocycles. The van der Waals surface area contributed by atoms with Crippen molar-refractivity contribution in [3.63, 3.8) is 0 Å². The van der Waals surface area contributed by atoms with Gasteiger partial charge in [-0.3, -0.25) is 14.2 Å². The van der Waals surface area contributed by atoms with Gasteiger partial charge in [0.25, 0.3) is 5.91 Å². The molecule has 2 aliphatic carbocycles. The molecule has 0 spiro atoms. The van der Waals surface area contributed by atoms with Crippen LogP contribution in [-0.4, -0.2) is 47.3 Å². The van der Waals surface area contributed by atoms with Gasteiger partial charge in [-0.05, 0) is 68.2 Å². The zero-order valence-corrected chi connectivity index (χ0v) is 21.0. The van der Waals surface area contributed by atoms with Crippen LogP contribution in [0, 0.1) is 17.0 Å². The molecule has 7 nitrogen and oxygen atoms in total. The van der Waals surface area contributed by atoms with Crippen molar-refractivity contribution in [3.05, 3.63) is 63.9 Å². The third kappa shape index (κ3) is 4.09. The molecule has 37 heavy (non-hydrogen) atoms. The second kappa shape index (κ2) is 8.62. The van der Waals surface area contributed by atoms with Gasteiger partial charge in [-0.25, -0.2) is 13.8 Å². The van der Waals surface area contributed by atoms with E-state index in [2.05, 4.69) is 12.2 Å². The lowest BCUT2D eigenvalue weighted by Crippen LogP contribution is -2.46. The number of halogens is 2. The van der Waals surface area contributed by atoms with E-state index >= 15 is 0 Å². The number of nitrogens with zero attached hydrogens (tertiary/aromatic N) is 3. The van der Waals surface area contributed by atoms with Crippen molar-refractivity contribution in [3.8, 4) is 5.69 Å². The summed E-state index contributed by atoms with van der Waals surface area (Å²) in [5.74, 6) is -1.38. The standard InChI is InChI=1S/C28H30F2N4O3/c1-27-8-10-28(16-27,11-9-27)32-26(36)20-15-34(22-5-3-17(29)13-21(22)30)25-19(24(20)35)4-6-23(31-25)33-12-7-18(14-33)37-2/h3-6,13,15,18H,7-12,14,16H2,1-2H3,(H,32,36). The number of benzene rings is 1. The van der Waals surface area contributed by atoms with Crippen LogP contribution in [0.2, 0.25) is 0 Å². The van der Waals surface area contributed by atoms with E-state index in [0.29, 0.717) is 12.4 Å². The van der Waals surface area contributed by atoms with Crippen molar-refractivity contribution >= 4 is 22.8 Å². The minimum Gasteiger partial charge on any atom is -0.380 e. The highest BCUT2D eigenvalue weighted by Crippen LogP contribution is 2.56. The van der Waals surface area contributed by atoms with Crippen LogP contribution in [0.4, 0.5) is 14.6 Å². The molecule has 1 amide bonds. The van der Waals surface area contributed by atoms with Gasteiger partial charge < -0.3 is 15.0 Å². The summed E-state index contributed by atoms with van der Waals surface area (Å²) < 4.78 is 35.6. The summed E-state index contributed by atoms with van der Waals surface area (Å²) in [7, 11) is 1.67. The fraction of sp³-hybridized carbons (Fsp3) is 0.464. The fourth-order valence-corrected chi connectivity index (χ4v) is 6.50. The summed E-state index contributed by atoms with van der Waals surface area (Å²) >= 11 is 0. The Morgan fingerprint density at radius 2 is 1.95 bits per heavy atom. The first-order chi connectivity index (χ1) is 17.7. The number of ether oxygens (including phenoxy) is 1. The van der Waals surface area contributed by atoms with Crippen LogP contribution in [-0.2, 0) is 4.74 Å². The Morgan fingerprint density at radius 1 is 1.16 bits per heavy atom. The van der Waals surface area contributed by atoms with E-state index in [1.807, 2.05) is 4.90 Å². The number of hydrogen-bond acceptors (Lipinski definition) is 5. The van der Waals surface area contributed by atoms with Gasteiger partial charge in [0.05, 0.1) is 17.2 Å². The van der Waals surface area contributed by atoms with E-state index in [1.54, 1.807) is 19.2 Å². The van der Waals surface area contributed by atoms with Gasteiger partial charge in [0.15, 0.2) is 5.65 Å². The van der Waals surface area contributed by atoms with Gasteiger partial charge in [0.1, 0.15) is 23.0 Å². The van der Waals surface area contributed by atoms with E-state index in [-0.39, 0.29) is 39.3 Å². The summed E-state index contributed by atoms with van der Waals surface area (Å²) in [6.07, 6.45) is 7.01. The number of anilines is 1. The van der Waals surface area contributed by atoms with Crippen LogP contribution < -0.4 is 15.6 Å². The molecular formula is C28H30F2N4O3. The number of hydrogen-bond donors (Lipinski definition) is 1. The normalized spacial score (nSPS) is 26.8. The van der Waals surface area contributed by atoms with Crippen molar-refractivity contribution in [2.45, 2.75) is 57.1 Å². The number of amides is 1. The van der Waals surface area contributed by atoms with Gasteiger partial charge in [-0.1, -0.05) is 6.92 Å². The Hall–Kier alpha value is -3.33. The molecule has 1 atom stereocenters. The Kier molecular flexibility index (Phi) is 5.60. The number of aromatic nitrogens is 2. The van der Waals surface area contributed by atoms with Crippen molar-refractivity contribution in [1.82, 2.24) is 14.9 Å². The first-order valence-electron chi connectivity index (χ1n) is 12.8. The number of rotatable bonds is 5. The minimum absolute atomic E-state index is 0.00811.